The third kappa shape index (κ3) is 2.99. The van der Waals surface area contributed by atoms with Crippen molar-refractivity contribution in [2.45, 2.75) is 19.3 Å². The van der Waals surface area contributed by atoms with Gasteiger partial charge in [0.1, 0.15) is 0 Å². The van der Waals surface area contributed by atoms with Crippen LogP contribution in [0.1, 0.15) is 22.9 Å². The highest BCUT2D eigenvalue weighted by Crippen LogP contribution is 2.20. The third-order valence-corrected chi connectivity index (χ3v) is 3.28. The lowest BCUT2D eigenvalue weighted by Crippen LogP contribution is -2.20. The number of hydrogen-bond acceptors (Lipinski definition) is 2. The van der Waals surface area contributed by atoms with E-state index in [-0.39, 0.29) is 0 Å². The van der Waals surface area contributed by atoms with Gasteiger partial charge in [0.05, 0.1) is 5.69 Å². The van der Waals surface area contributed by atoms with Gasteiger partial charge in [0, 0.05) is 25.2 Å². The molecule has 3 heteroatoms. The molecule has 0 aliphatic carbocycles. The molecule has 18 heavy (non-hydrogen) atoms. The van der Waals surface area contributed by atoms with E-state index in [1.807, 2.05) is 25.7 Å². The minimum absolute atomic E-state index is 0.492. The summed E-state index contributed by atoms with van der Waals surface area (Å²) in [6, 6.07) is 12.8. The first-order valence-corrected chi connectivity index (χ1v) is 6.39. The molecule has 0 aliphatic heterocycles. The van der Waals surface area contributed by atoms with Crippen LogP contribution in [0, 0.1) is 6.92 Å². The maximum atomic E-state index is 4.41. The highest BCUT2D eigenvalue weighted by Gasteiger charge is 2.13. The topological polar surface area (TPSA) is 29.9 Å². The summed E-state index contributed by atoms with van der Waals surface area (Å²) >= 11 is 0. The Hall–Kier alpha value is -1.61. The van der Waals surface area contributed by atoms with Crippen molar-refractivity contribution in [1.82, 2.24) is 15.1 Å². The van der Waals surface area contributed by atoms with Gasteiger partial charge in [-0.15, -0.1) is 0 Å². The van der Waals surface area contributed by atoms with E-state index in [9.17, 15) is 0 Å². The van der Waals surface area contributed by atoms with E-state index in [2.05, 4.69) is 46.8 Å². The van der Waals surface area contributed by atoms with Crippen LogP contribution >= 0.6 is 0 Å². The zero-order valence-corrected chi connectivity index (χ0v) is 11.4. The van der Waals surface area contributed by atoms with Crippen LogP contribution in [-0.4, -0.2) is 23.4 Å². The van der Waals surface area contributed by atoms with Crippen molar-refractivity contribution in [3.63, 3.8) is 0 Å². The maximum absolute atomic E-state index is 4.41. The second-order valence-corrected chi connectivity index (χ2v) is 4.77. The molecule has 1 atom stereocenters. The van der Waals surface area contributed by atoms with Crippen LogP contribution in [0.25, 0.3) is 0 Å². The summed E-state index contributed by atoms with van der Waals surface area (Å²) in [5.74, 6) is 0.492. The van der Waals surface area contributed by atoms with Crippen molar-refractivity contribution in [2.24, 2.45) is 7.05 Å². The van der Waals surface area contributed by atoms with Crippen molar-refractivity contribution < 1.29 is 0 Å². The minimum atomic E-state index is 0.492. The van der Waals surface area contributed by atoms with Gasteiger partial charge in [-0.05, 0) is 32.0 Å². The number of benzene rings is 1. The lowest BCUT2D eigenvalue weighted by Gasteiger charge is -2.17. The van der Waals surface area contributed by atoms with Gasteiger partial charge in [0.2, 0.25) is 0 Å². The molecule has 0 bridgehead atoms. The molecule has 1 unspecified atom stereocenters. The molecule has 0 saturated heterocycles. The Bertz CT molecular complexity index is 488. The second-order valence-electron chi connectivity index (χ2n) is 4.77. The molecule has 1 aromatic heterocycles. The summed E-state index contributed by atoms with van der Waals surface area (Å²) in [6.45, 7) is 3.02. The molecule has 1 N–H and O–H groups in total. The number of rotatable bonds is 5. The Morgan fingerprint density at radius 1 is 1.28 bits per heavy atom. The van der Waals surface area contributed by atoms with Gasteiger partial charge in [0.25, 0.3) is 0 Å². The van der Waals surface area contributed by atoms with Crippen molar-refractivity contribution in [1.29, 1.82) is 0 Å². The monoisotopic (exact) mass is 243 g/mol. The highest BCUT2D eigenvalue weighted by molar-refractivity contribution is 5.23. The van der Waals surface area contributed by atoms with Gasteiger partial charge < -0.3 is 5.32 Å². The number of likely N-dealkylation sites (N-methyl/N-ethyl adjacent to an activating group) is 1. The van der Waals surface area contributed by atoms with Crippen LogP contribution in [0.15, 0.2) is 36.4 Å². The van der Waals surface area contributed by atoms with Gasteiger partial charge in [-0.3, -0.25) is 4.68 Å². The quantitative estimate of drug-likeness (QED) is 0.873. The Labute approximate surface area is 109 Å². The molecule has 1 aromatic carbocycles. The van der Waals surface area contributed by atoms with E-state index >= 15 is 0 Å². The molecule has 0 radical (unpaired) electrons. The molecule has 0 spiro atoms. The van der Waals surface area contributed by atoms with Crippen molar-refractivity contribution in [2.75, 3.05) is 13.6 Å². The van der Waals surface area contributed by atoms with Crippen LogP contribution in [-0.2, 0) is 13.5 Å². The lowest BCUT2D eigenvalue weighted by molar-refractivity contribution is 0.591. The number of hydrogen-bond donors (Lipinski definition) is 1. The zero-order valence-electron chi connectivity index (χ0n) is 11.4. The van der Waals surface area contributed by atoms with E-state index < -0.39 is 0 Å². The molecule has 0 fully saturated rings. The fraction of sp³-hybridized carbons (Fsp3) is 0.400. The molecule has 3 nitrogen and oxygen atoms in total. The van der Waals surface area contributed by atoms with E-state index in [1.165, 1.54) is 11.3 Å². The van der Waals surface area contributed by atoms with Gasteiger partial charge in [0.15, 0.2) is 0 Å². The summed E-state index contributed by atoms with van der Waals surface area (Å²) in [5.41, 5.74) is 3.76. The highest BCUT2D eigenvalue weighted by atomic mass is 15.3. The molecule has 2 aromatic rings. The number of aryl methyl sites for hydroxylation is 2. The van der Waals surface area contributed by atoms with Crippen LogP contribution in [0.5, 0.6) is 0 Å². The zero-order chi connectivity index (χ0) is 13.0. The van der Waals surface area contributed by atoms with Crippen LogP contribution < -0.4 is 5.32 Å². The SMILES string of the molecule is CNCC(Cc1cc(C)nn1C)c1ccccc1. The van der Waals surface area contributed by atoms with Crippen LogP contribution in [0.2, 0.25) is 0 Å². The molecule has 96 valence electrons. The second kappa shape index (κ2) is 5.83. The lowest BCUT2D eigenvalue weighted by atomic mass is 9.94. The summed E-state index contributed by atoms with van der Waals surface area (Å²) in [7, 11) is 4.02. The van der Waals surface area contributed by atoms with E-state index in [4.69, 9.17) is 0 Å². The first kappa shape index (κ1) is 12.8. The maximum Gasteiger partial charge on any atom is 0.0596 e. The predicted octanol–water partition coefficient (Wildman–Crippen LogP) is 2.27. The molecule has 0 saturated carbocycles. The molecule has 0 amide bonds. The summed E-state index contributed by atoms with van der Waals surface area (Å²) < 4.78 is 1.99. The van der Waals surface area contributed by atoms with Gasteiger partial charge in [-0.1, -0.05) is 30.3 Å². The first-order valence-electron chi connectivity index (χ1n) is 6.39. The summed E-state index contributed by atoms with van der Waals surface area (Å²) in [6.07, 6.45) is 1.02. The fourth-order valence-electron chi connectivity index (χ4n) is 2.39. The average molecular weight is 243 g/mol. The molecule has 2 rings (SSSR count). The standard InChI is InChI=1S/C15H21N3/c1-12-9-15(18(3)17-12)10-14(11-16-2)13-7-5-4-6-8-13/h4-9,14,16H,10-11H2,1-3H3. The number of nitrogens with zero attached hydrogens (tertiary/aromatic N) is 2. The summed E-state index contributed by atoms with van der Waals surface area (Å²) in [5, 5.41) is 7.70. The Balaban J connectivity index is 2.19. The fourth-order valence-corrected chi connectivity index (χ4v) is 2.39. The molecular weight excluding hydrogens is 222 g/mol. The molecule has 0 aliphatic rings. The van der Waals surface area contributed by atoms with Gasteiger partial charge in [-0.25, -0.2) is 0 Å². The Morgan fingerprint density at radius 2 is 2.00 bits per heavy atom. The number of aromatic nitrogens is 2. The Kier molecular flexibility index (Phi) is 4.15. The largest absolute Gasteiger partial charge is 0.319 e. The number of nitrogens with one attached hydrogen (secondary N) is 1. The van der Waals surface area contributed by atoms with Crippen molar-refractivity contribution >= 4 is 0 Å². The first-order chi connectivity index (χ1) is 8.70. The predicted molar refractivity (Wildman–Crippen MR) is 74.8 cm³/mol. The average Bonchev–Trinajstić information content (AvgIpc) is 2.68. The summed E-state index contributed by atoms with van der Waals surface area (Å²) in [4.78, 5) is 0. The minimum Gasteiger partial charge on any atom is -0.319 e. The van der Waals surface area contributed by atoms with Crippen molar-refractivity contribution in [3.05, 3.63) is 53.3 Å². The Morgan fingerprint density at radius 3 is 2.56 bits per heavy atom. The smallest absolute Gasteiger partial charge is 0.0596 e. The molecule has 1 heterocycles. The van der Waals surface area contributed by atoms with Gasteiger partial charge in [-0.2, -0.15) is 5.10 Å². The van der Waals surface area contributed by atoms with Crippen LogP contribution in [0.4, 0.5) is 0 Å². The third-order valence-electron chi connectivity index (χ3n) is 3.28. The van der Waals surface area contributed by atoms with E-state index in [0.29, 0.717) is 5.92 Å². The molecular formula is C15H21N3. The van der Waals surface area contributed by atoms with Crippen molar-refractivity contribution in [3.8, 4) is 0 Å². The van der Waals surface area contributed by atoms with Crippen LogP contribution in [0.3, 0.4) is 0 Å². The van der Waals surface area contributed by atoms with E-state index in [0.717, 1.165) is 18.7 Å². The van der Waals surface area contributed by atoms with Gasteiger partial charge >= 0.3 is 0 Å². The van der Waals surface area contributed by atoms with E-state index in [1.54, 1.807) is 0 Å². The normalized spacial score (nSPS) is 12.6.